The molecule has 0 aliphatic carbocycles. The molecule has 0 amide bonds. The fraction of sp³-hybridized carbons (Fsp3) is 1.00. The molecule has 0 rings (SSSR count). The molecule has 0 saturated heterocycles. The van der Waals surface area contributed by atoms with Crippen molar-refractivity contribution in [2.45, 2.75) is 39.7 Å². The number of rotatable bonds is 9. The number of ether oxygens (including phenoxy) is 1. The van der Waals surface area contributed by atoms with Crippen molar-refractivity contribution in [1.82, 2.24) is 0 Å². The van der Waals surface area contributed by atoms with Crippen LogP contribution in [0.1, 0.15) is 33.6 Å². The first kappa shape index (κ1) is 14.3. The van der Waals surface area contributed by atoms with Gasteiger partial charge in [-0.15, -0.1) is 0 Å². The lowest BCUT2D eigenvalue weighted by Crippen LogP contribution is -2.24. The zero-order chi connectivity index (χ0) is 10.8. The summed E-state index contributed by atoms with van der Waals surface area (Å²) in [6.45, 7) is 7.98. The average Bonchev–Trinajstić information content (AvgIpc) is 2.15. The van der Waals surface area contributed by atoms with Gasteiger partial charge in [-0.25, -0.2) is 0 Å². The van der Waals surface area contributed by atoms with Crippen LogP contribution >= 0.6 is 11.8 Å². The Bertz CT molecular complexity index is 120. The van der Waals surface area contributed by atoms with E-state index in [1.807, 2.05) is 18.7 Å². The summed E-state index contributed by atoms with van der Waals surface area (Å²) in [5.41, 5.74) is 5.59. The lowest BCUT2D eigenvalue weighted by Gasteiger charge is -2.14. The molecule has 3 heteroatoms. The number of hydrogen-bond donors (Lipinski definition) is 1. The van der Waals surface area contributed by atoms with E-state index >= 15 is 0 Å². The molecule has 2 nitrogen and oxygen atoms in total. The van der Waals surface area contributed by atoms with Crippen LogP contribution in [0.4, 0.5) is 0 Å². The predicted octanol–water partition coefficient (Wildman–Crippen LogP) is 2.52. The molecule has 0 radical (unpaired) electrons. The van der Waals surface area contributed by atoms with E-state index in [9.17, 15) is 0 Å². The van der Waals surface area contributed by atoms with Crippen LogP contribution in [0.25, 0.3) is 0 Å². The molecule has 0 fully saturated rings. The Hall–Kier alpha value is 0.270. The molecule has 0 aliphatic rings. The molecule has 0 aromatic carbocycles. The molecule has 1 atom stereocenters. The zero-order valence-electron chi connectivity index (χ0n) is 9.79. The maximum Gasteiger partial charge on any atom is 0.0705 e. The lowest BCUT2D eigenvalue weighted by atomic mass is 10.2. The van der Waals surface area contributed by atoms with Gasteiger partial charge < -0.3 is 10.5 Å². The van der Waals surface area contributed by atoms with Crippen molar-refractivity contribution in [1.29, 1.82) is 0 Å². The third-order valence-corrected chi connectivity index (χ3v) is 3.14. The van der Waals surface area contributed by atoms with Gasteiger partial charge in [-0.3, -0.25) is 0 Å². The molecule has 2 N–H and O–H groups in total. The van der Waals surface area contributed by atoms with E-state index in [1.165, 1.54) is 17.9 Å². The molecular weight excluding hydrogens is 194 g/mol. The summed E-state index contributed by atoms with van der Waals surface area (Å²) in [5, 5.41) is 0. The second kappa shape index (κ2) is 9.81. The molecule has 0 aromatic heterocycles. The largest absolute Gasteiger partial charge is 0.377 e. The topological polar surface area (TPSA) is 35.2 Å². The van der Waals surface area contributed by atoms with Gasteiger partial charge in [0.15, 0.2) is 0 Å². The van der Waals surface area contributed by atoms with E-state index in [0.717, 1.165) is 18.9 Å². The molecule has 0 spiro atoms. The fourth-order valence-corrected chi connectivity index (χ4v) is 2.41. The normalized spacial score (nSPS) is 13.5. The van der Waals surface area contributed by atoms with Gasteiger partial charge in [0, 0.05) is 13.2 Å². The second-order valence-corrected chi connectivity index (χ2v) is 5.12. The van der Waals surface area contributed by atoms with Crippen LogP contribution in [0, 0.1) is 5.92 Å². The van der Waals surface area contributed by atoms with Gasteiger partial charge in [0.1, 0.15) is 0 Å². The van der Waals surface area contributed by atoms with Crippen LogP contribution in [0.15, 0.2) is 0 Å². The Morgan fingerprint density at radius 3 is 2.36 bits per heavy atom. The molecule has 0 bridgehead atoms. The SMILES string of the molecule is CCOC(CN)CCSCCC(C)C. The Balaban J connectivity index is 3.24. The first-order valence-corrected chi connectivity index (χ1v) is 6.75. The van der Waals surface area contributed by atoms with Gasteiger partial charge >= 0.3 is 0 Å². The van der Waals surface area contributed by atoms with Crippen molar-refractivity contribution in [2.75, 3.05) is 24.7 Å². The van der Waals surface area contributed by atoms with Crippen molar-refractivity contribution < 1.29 is 4.74 Å². The lowest BCUT2D eigenvalue weighted by molar-refractivity contribution is 0.0674. The smallest absolute Gasteiger partial charge is 0.0705 e. The minimum Gasteiger partial charge on any atom is -0.377 e. The van der Waals surface area contributed by atoms with E-state index in [1.54, 1.807) is 0 Å². The third kappa shape index (κ3) is 8.85. The second-order valence-electron chi connectivity index (χ2n) is 3.90. The van der Waals surface area contributed by atoms with Crippen LogP contribution in [-0.4, -0.2) is 30.8 Å². The highest BCUT2D eigenvalue weighted by Crippen LogP contribution is 2.11. The summed E-state index contributed by atoms with van der Waals surface area (Å²) >= 11 is 2.02. The first-order chi connectivity index (χ1) is 6.70. The van der Waals surface area contributed by atoms with Gasteiger partial charge in [0.25, 0.3) is 0 Å². The fourth-order valence-electron chi connectivity index (χ4n) is 1.14. The molecule has 0 saturated carbocycles. The summed E-state index contributed by atoms with van der Waals surface area (Å²) in [7, 11) is 0. The highest BCUT2D eigenvalue weighted by atomic mass is 32.2. The number of hydrogen-bond acceptors (Lipinski definition) is 3. The highest BCUT2D eigenvalue weighted by Gasteiger charge is 2.05. The van der Waals surface area contributed by atoms with Gasteiger partial charge in [-0.2, -0.15) is 11.8 Å². The van der Waals surface area contributed by atoms with Crippen LogP contribution in [-0.2, 0) is 4.74 Å². The molecule has 86 valence electrons. The average molecular weight is 219 g/mol. The van der Waals surface area contributed by atoms with E-state index in [0.29, 0.717) is 6.54 Å². The maximum atomic E-state index is 5.59. The third-order valence-electron chi connectivity index (χ3n) is 2.09. The standard InChI is InChI=1S/C11H25NOS/c1-4-13-11(9-12)6-8-14-7-5-10(2)3/h10-11H,4-9,12H2,1-3H3. The number of nitrogens with two attached hydrogens (primary N) is 1. The summed E-state index contributed by atoms with van der Waals surface area (Å²) in [4.78, 5) is 0. The van der Waals surface area contributed by atoms with Crippen molar-refractivity contribution in [3.63, 3.8) is 0 Å². The summed E-state index contributed by atoms with van der Waals surface area (Å²) in [5.74, 6) is 3.26. The Labute approximate surface area is 93.0 Å². The molecule has 0 aromatic rings. The number of thioether (sulfide) groups is 1. The van der Waals surface area contributed by atoms with E-state index in [4.69, 9.17) is 10.5 Å². The monoisotopic (exact) mass is 219 g/mol. The van der Waals surface area contributed by atoms with Crippen LogP contribution < -0.4 is 5.73 Å². The molecule has 1 unspecified atom stereocenters. The van der Waals surface area contributed by atoms with Crippen LogP contribution in [0.3, 0.4) is 0 Å². The van der Waals surface area contributed by atoms with E-state index in [2.05, 4.69) is 13.8 Å². The van der Waals surface area contributed by atoms with Crippen LogP contribution in [0.5, 0.6) is 0 Å². The molecule has 0 aliphatic heterocycles. The van der Waals surface area contributed by atoms with Crippen molar-refractivity contribution in [2.24, 2.45) is 11.7 Å². The van der Waals surface area contributed by atoms with Gasteiger partial charge in [0.05, 0.1) is 6.10 Å². The minimum absolute atomic E-state index is 0.270. The predicted molar refractivity (Wildman–Crippen MR) is 65.9 cm³/mol. The summed E-state index contributed by atoms with van der Waals surface area (Å²) in [6.07, 6.45) is 2.67. The van der Waals surface area contributed by atoms with Crippen molar-refractivity contribution >= 4 is 11.8 Å². The molecule has 14 heavy (non-hydrogen) atoms. The Kier molecular flexibility index (Phi) is 10.0. The summed E-state index contributed by atoms with van der Waals surface area (Å²) in [6, 6.07) is 0. The molecular formula is C11H25NOS. The first-order valence-electron chi connectivity index (χ1n) is 5.60. The Morgan fingerprint density at radius 1 is 1.21 bits per heavy atom. The van der Waals surface area contributed by atoms with Crippen LogP contribution in [0.2, 0.25) is 0 Å². The quantitative estimate of drug-likeness (QED) is 0.605. The van der Waals surface area contributed by atoms with Gasteiger partial charge in [-0.1, -0.05) is 13.8 Å². The Morgan fingerprint density at radius 2 is 1.86 bits per heavy atom. The molecule has 0 heterocycles. The van der Waals surface area contributed by atoms with Crippen molar-refractivity contribution in [3.05, 3.63) is 0 Å². The van der Waals surface area contributed by atoms with E-state index < -0.39 is 0 Å². The zero-order valence-corrected chi connectivity index (χ0v) is 10.6. The van der Waals surface area contributed by atoms with E-state index in [-0.39, 0.29) is 6.10 Å². The van der Waals surface area contributed by atoms with Gasteiger partial charge in [-0.05, 0) is 37.2 Å². The van der Waals surface area contributed by atoms with Gasteiger partial charge in [0.2, 0.25) is 0 Å². The minimum atomic E-state index is 0.270. The van der Waals surface area contributed by atoms with Crippen molar-refractivity contribution in [3.8, 4) is 0 Å². The maximum absolute atomic E-state index is 5.59. The highest BCUT2D eigenvalue weighted by molar-refractivity contribution is 7.99. The summed E-state index contributed by atoms with van der Waals surface area (Å²) < 4.78 is 5.48.